The maximum atomic E-state index is 4.37. The number of aromatic nitrogens is 2. The van der Waals surface area contributed by atoms with Crippen molar-refractivity contribution in [3.8, 4) is 0 Å². The Kier molecular flexibility index (Phi) is 5.12. The summed E-state index contributed by atoms with van der Waals surface area (Å²) in [6.45, 7) is 4.50. The first-order valence-corrected chi connectivity index (χ1v) is 7.29. The summed E-state index contributed by atoms with van der Waals surface area (Å²) in [6, 6.07) is 0.858. The lowest BCUT2D eigenvalue weighted by Crippen LogP contribution is -2.35. The van der Waals surface area contributed by atoms with Gasteiger partial charge in [0, 0.05) is 30.7 Å². The van der Waals surface area contributed by atoms with Gasteiger partial charge in [-0.25, -0.2) is 0 Å². The zero-order chi connectivity index (χ0) is 12.8. The van der Waals surface area contributed by atoms with Crippen LogP contribution in [-0.2, 0) is 0 Å². The Labute approximate surface area is 110 Å². The van der Waals surface area contributed by atoms with Crippen LogP contribution >= 0.6 is 0 Å². The highest BCUT2D eigenvalue weighted by molar-refractivity contribution is 5.01. The van der Waals surface area contributed by atoms with Crippen molar-refractivity contribution in [3.63, 3.8) is 0 Å². The predicted molar refractivity (Wildman–Crippen MR) is 74.2 cm³/mol. The number of hydrogen-bond acceptors (Lipinski definition) is 3. The second-order valence-corrected chi connectivity index (χ2v) is 5.56. The summed E-state index contributed by atoms with van der Waals surface area (Å²) in [5.41, 5.74) is 1.04. The maximum Gasteiger partial charge on any atom is 0.0753 e. The molecule has 1 aromatic heterocycles. The molecule has 0 amide bonds. The van der Waals surface area contributed by atoms with E-state index in [1.54, 1.807) is 12.4 Å². The van der Waals surface area contributed by atoms with Crippen LogP contribution in [0.3, 0.4) is 0 Å². The molecule has 1 heterocycles. The molecule has 0 saturated heterocycles. The van der Waals surface area contributed by atoms with Crippen molar-refractivity contribution < 1.29 is 0 Å². The van der Waals surface area contributed by atoms with Gasteiger partial charge in [0.25, 0.3) is 0 Å². The lowest BCUT2D eigenvalue weighted by atomic mass is 9.92. The van der Waals surface area contributed by atoms with Crippen LogP contribution in [0.25, 0.3) is 0 Å². The van der Waals surface area contributed by atoms with E-state index in [-0.39, 0.29) is 6.04 Å². The normalized spacial score (nSPS) is 21.2. The van der Waals surface area contributed by atoms with E-state index >= 15 is 0 Å². The van der Waals surface area contributed by atoms with Gasteiger partial charge in [-0.05, 0) is 32.6 Å². The first-order valence-electron chi connectivity index (χ1n) is 7.29. The van der Waals surface area contributed by atoms with Crippen molar-refractivity contribution in [1.29, 1.82) is 0 Å². The zero-order valence-corrected chi connectivity index (χ0v) is 11.6. The fourth-order valence-corrected chi connectivity index (χ4v) is 2.96. The summed E-state index contributed by atoms with van der Waals surface area (Å²) in [5, 5.41) is 3.69. The molecule has 0 aliphatic heterocycles. The van der Waals surface area contributed by atoms with Gasteiger partial charge in [-0.15, -0.1) is 0 Å². The van der Waals surface area contributed by atoms with Gasteiger partial charge in [0.15, 0.2) is 0 Å². The van der Waals surface area contributed by atoms with Crippen LogP contribution < -0.4 is 5.32 Å². The third-order valence-electron chi connectivity index (χ3n) is 4.15. The van der Waals surface area contributed by atoms with Crippen molar-refractivity contribution in [1.82, 2.24) is 15.3 Å². The summed E-state index contributed by atoms with van der Waals surface area (Å²) in [6.07, 6.45) is 13.7. The van der Waals surface area contributed by atoms with Crippen molar-refractivity contribution >= 4 is 0 Å². The highest BCUT2D eigenvalue weighted by Gasteiger charge is 2.20. The fourth-order valence-electron chi connectivity index (χ4n) is 2.96. The lowest BCUT2D eigenvalue weighted by Gasteiger charge is -2.26. The molecule has 0 spiro atoms. The van der Waals surface area contributed by atoms with Crippen LogP contribution in [0.1, 0.15) is 64.1 Å². The monoisotopic (exact) mass is 247 g/mol. The van der Waals surface area contributed by atoms with E-state index < -0.39 is 0 Å². The first kappa shape index (κ1) is 13.5. The van der Waals surface area contributed by atoms with Gasteiger partial charge in [-0.1, -0.05) is 25.7 Å². The molecule has 3 heteroatoms. The van der Waals surface area contributed by atoms with E-state index in [0.717, 1.165) is 11.6 Å². The average Bonchev–Trinajstić information content (AvgIpc) is 2.68. The summed E-state index contributed by atoms with van der Waals surface area (Å²) in [4.78, 5) is 8.51. The summed E-state index contributed by atoms with van der Waals surface area (Å²) >= 11 is 0. The van der Waals surface area contributed by atoms with E-state index in [2.05, 4.69) is 29.1 Å². The minimum atomic E-state index is 0.289. The van der Waals surface area contributed by atoms with Crippen LogP contribution in [0.15, 0.2) is 18.6 Å². The topological polar surface area (TPSA) is 37.8 Å². The van der Waals surface area contributed by atoms with Crippen molar-refractivity contribution in [2.45, 2.75) is 64.5 Å². The van der Waals surface area contributed by atoms with Gasteiger partial charge in [0.2, 0.25) is 0 Å². The quantitative estimate of drug-likeness (QED) is 0.828. The molecule has 1 aromatic rings. The van der Waals surface area contributed by atoms with E-state index in [4.69, 9.17) is 0 Å². The molecular weight excluding hydrogens is 222 g/mol. The van der Waals surface area contributed by atoms with Gasteiger partial charge in [-0.3, -0.25) is 9.97 Å². The Balaban J connectivity index is 1.88. The van der Waals surface area contributed by atoms with Gasteiger partial charge in [-0.2, -0.15) is 0 Å². The molecule has 0 aromatic carbocycles. The summed E-state index contributed by atoms with van der Waals surface area (Å²) < 4.78 is 0. The molecule has 18 heavy (non-hydrogen) atoms. The zero-order valence-electron chi connectivity index (χ0n) is 11.6. The molecular formula is C15H25N3. The molecule has 0 radical (unpaired) electrons. The van der Waals surface area contributed by atoms with Gasteiger partial charge in [0.05, 0.1) is 5.69 Å². The number of rotatable bonds is 4. The van der Waals surface area contributed by atoms with E-state index in [9.17, 15) is 0 Å². The molecule has 1 unspecified atom stereocenters. The molecule has 3 nitrogen and oxygen atoms in total. The number of nitrogens with one attached hydrogen (secondary N) is 1. The summed E-state index contributed by atoms with van der Waals surface area (Å²) in [5.74, 6) is 0.826. The van der Waals surface area contributed by atoms with Crippen molar-refractivity contribution in [3.05, 3.63) is 24.3 Å². The van der Waals surface area contributed by atoms with Crippen molar-refractivity contribution in [2.75, 3.05) is 0 Å². The Morgan fingerprint density at radius 3 is 2.44 bits per heavy atom. The average molecular weight is 247 g/mol. The Morgan fingerprint density at radius 2 is 1.83 bits per heavy atom. The largest absolute Gasteiger partial charge is 0.306 e. The van der Waals surface area contributed by atoms with Crippen molar-refractivity contribution in [2.24, 2.45) is 5.92 Å². The summed E-state index contributed by atoms with van der Waals surface area (Å²) in [7, 11) is 0. The molecule has 1 aliphatic rings. The maximum absolute atomic E-state index is 4.37. The van der Waals surface area contributed by atoms with Crippen LogP contribution in [0.5, 0.6) is 0 Å². The highest BCUT2D eigenvalue weighted by Crippen LogP contribution is 2.26. The Hall–Kier alpha value is -0.960. The Morgan fingerprint density at radius 1 is 1.11 bits per heavy atom. The molecule has 1 N–H and O–H groups in total. The van der Waals surface area contributed by atoms with E-state index in [1.165, 1.54) is 38.5 Å². The van der Waals surface area contributed by atoms with Crippen LogP contribution in [0.2, 0.25) is 0 Å². The second-order valence-electron chi connectivity index (χ2n) is 5.56. The molecule has 1 aliphatic carbocycles. The minimum absolute atomic E-state index is 0.289. The second kappa shape index (κ2) is 6.83. The lowest BCUT2D eigenvalue weighted by molar-refractivity contribution is 0.314. The standard InChI is InChI=1S/C15H25N3/c1-12(14-7-5-3-4-6-8-14)18-13(2)15-11-16-9-10-17-15/h9-14,18H,3-8H2,1-2H3/t12-,13?/m1/s1. The van der Waals surface area contributed by atoms with Gasteiger partial charge < -0.3 is 5.32 Å². The third kappa shape index (κ3) is 3.77. The molecule has 100 valence electrons. The predicted octanol–water partition coefficient (Wildman–Crippen LogP) is 3.49. The highest BCUT2D eigenvalue weighted by atomic mass is 15.0. The third-order valence-corrected chi connectivity index (χ3v) is 4.15. The molecule has 2 atom stereocenters. The first-order chi connectivity index (χ1) is 8.77. The molecule has 2 rings (SSSR count). The van der Waals surface area contributed by atoms with E-state index in [0.29, 0.717) is 6.04 Å². The minimum Gasteiger partial charge on any atom is -0.306 e. The molecule has 1 saturated carbocycles. The smallest absolute Gasteiger partial charge is 0.0753 e. The van der Waals surface area contributed by atoms with Gasteiger partial charge in [0.1, 0.15) is 0 Å². The van der Waals surface area contributed by atoms with Crippen LogP contribution in [0.4, 0.5) is 0 Å². The number of hydrogen-bond donors (Lipinski definition) is 1. The molecule has 1 fully saturated rings. The number of nitrogens with zero attached hydrogens (tertiary/aromatic N) is 2. The fraction of sp³-hybridized carbons (Fsp3) is 0.733. The van der Waals surface area contributed by atoms with Crippen LogP contribution in [-0.4, -0.2) is 16.0 Å². The van der Waals surface area contributed by atoms with Crippen LogP contribution in [0, 0.1) is 5.92 Å². The van der Waals surface area contributed by atoms with Gasteiger partial charge >= 0.3 is 0 Å². The SMILES string of the molecule is CC(N[C@H](C)C1CCCCCC1)c1cnccn1. The molecule has 0 bridgehead atoms. The van der Waals surface area contributed by atoms with E-state index in [1.807, 2.05) is 6.20 Å². The Bertz CT molecular complexity index is 331.